The third-order valence-electron chi connectivity index (χ3n) is 2.93. The van der Waals surface area contributed by atoms with E-state index in [9.17, 15) is 15.0 Å². The molecule has 0 saturated heterocycles. The van der Waals surface area contributed by atoms with Gasteiger partial charge in [-0.05, 0) is 50.0 Å². The minimum absolute atomic E-state index is 0.0383. The molecule has 114 valence electrons. The molecule has 0 aromatic heterocycles. The minimum atomic E-state index is -0.257. The molecule has 0 radical (unpaired) electrons. The van der Waals surface area contributed by atoms with Gasteiger partial charge in [0, 0.05) is 6.42 Å². The molecule has 1 rings (SSSR count). The summed E-state index contributed by atoms with van der Waals surface area (Å²) in [4.78, 5) is 11.2. The second kappa shape index (κ2) is 9.67. The Morgan fingerprint density at radius 2 is 2.05 bits per heavy atom. The Balaban J connectivity index is 2.03. The van der Waals surface area contributed by atoms with Crippen LogP contribution in [0.15, 0.2) is 18.2 Å². The largest absolute Gasteiger partial charge is 0.504 e. The molecule has 1 aromatic carbocycles. The number of aromatic hydroxyl groups is 2. The molecule has 21 heavy (non-hydrogen) atoms. The monoisotopic (exact) mass is 291 g/mol. The first-order valence-corrected chi connectivity index (χ1v) is 6.94. The van der Waals surface area contributed by atoms with Gasteiger partial charge in [-0.15, -0.1) is 6.42 Å². The standard InChI is InChI=1S/C16H21NO4/c1-2-11-21-16(20)5-3-4-9-17-10-8-13-6-7-14(18)15(19)12-13/h1,6-7,12,17-19H,3-5,8-11H2. The van der Waals surface area contributed by atoms with Crippen molar-refractivity contribution in [3.8, 4) is 23.8 Å². The smallest absolute Gasteiger partial charge is 0.306 e. The van der Waals surface area contributed by atoms with Gasteiger partial charge in [0.1, 0.15) is 0 Å². The van der Waals surface area contributed by atoms with Crippen LogP contribution in [0.25, 0.3) is 0 Å². The summed E-state index contributed by atoms with van der Waals surface area (Å²) < 4.78 is 4.76. The summed E-state index contributed by atoms with van der Waals surface area (Å²) in [5.41, 5.74) is 0.954. The van der Waals surface area contributed by atoms with Crippen LogP contribution in [0.3, 0.4) is 0 Å². The van der Waals surface area contributed by atoms with Crippen LogP contribution in [-0.4, -0.2) is 35.9 Å². The van der Waals surface area contributed by atoms with Gasteiger partial charge in [0.05, 0.1) is 0 Å². The number of hydrogen-bond donors (Lipinski definition) is 3. The molecule has 5 nitrogen and oxygen atoms in total. The van der Waals surface area contributed by atoms with Crippen LogP contribution in [-0.2, 0) is 16.0 Å². The van der Waals surface area contributed by atoms with Crippen LogP contribution in [0.1, 0.15) is 24.8 Å². The number of esters is 1. The predicted molar refractivity (Wildman–Crippen MR) is 80.0 cm³/mol. The van der Waals surface area contributed by atoms with Crippen LogP contribution in [0.4, 0.5) is 0 Å². The Kier molecular flexibility index (Phi) is 7.77. The molecule has 0 aliphatic heterocycles. The molecule has 1 aromatic rings. The molecule has 0 aliphatic rings. The number of unbranched alkanes of at least 4 members (excludes halogenated alkanes) is 1. The van der Waals surface area contributed by atoms with Crippen molar-refractivity contribution in [3.05, 3.63) is 23.8 Å². The van der Waals surface area contributed by atoms with Crippen LogP contribution >= 0.6 is 0 Å². The van der Waals surface area contributed by atoms with E-state index in [2.05, 4.69) is 11.2 Å². The summed E-state index contributed by atoms with van der Waals surface area (Å²) in [6.45, 7) is 1.62. The molecule has 0 amide bonds. The maximum atomic E-state index is 11.2. The van der Waals surface area contributed by atoms with Crippen molar-refractivity contribution < 1.29 is 19.7 Å². The molecule has 0 heterocycles. The Labute approximate surface area is 124 Å². The number of carbonyl (C=O) groups excluding carboxylic acids is 1. The molecule has 0 atom stereocenters. The van der Waals surface area contributed by atoms with E-state index in [1.165, 1.54) is 6.07 Å². The maximum absolute atomic E-state index is 11.2. The van der Waals surface area contributed by atoms with Crippen molar-refractivity contribution in [2.75, 3.05) is 19.7 Å². The molecule has 0 bridgehead atoms. The van der Waals surface area contributed by atoms with Gasteiger partial charge < -0.3 is 20.3 Å². The highest BCUT2D eigenvalue weighted by molar-refractivity contribution is 5.69. The van der Waals surface area contributed by atoms with Crippen LogP contribution in [0.2, 0.25) is 0 Å². The van der Waals surface area contributed by atoms with E-state index >= 15 is 0 Å². The summed E-state index contributed by atoms with van der Waals surface area (Å²) in [6, 6.07) is 4.81. The van der Waals surface area contributed by atoms with E-state index < -0.39 is 0 Å². The number of phenols is 2. The van der Waals surface area contributed by atoms with Crippen molar-refractivity contribution in [2.45, 2.75) is 25.7 Å². The highest BCUT2D eigenvalue weighted by Gasteiger charge is 2.02. The predicted octanol–water partition coefficient (Wildman–Crippen LogP) is 1.58. The van der Waals surface area contributed by atoms with E-state index in [4.69, 9.17) is 11.2 Å². The van der Waals surface area contributed by atoms with Gasteiger partial charge in [-0.2, -0.15) is 0 Å². The maximum Gasteiger partial charge on any atom is 0.306 e. The molecule has 0 unspecified atom stereocenters. The lowest BCUT2D eigenvalue weighted by atomic mass is 10.1. The van der Waals surface area contributed by atoms with Gasteiger partial charge in [-0.1, -0.05) is 12.0 Å². The lowest BCUT2D eigenvalue weighted by Crippen LogP contribution is -2.18. The van der Waals surface area contributed by atoms with E-state index in [1.807, 2.05) is 0 Å². The number of hydrogen-bond acceptors (Lipinski definition) is 5. The third-order valence-corrected chi connectivity index (χ3v) is 2.93. The average Bonchev–Trinajstić information content (AvgIpc) is 2.47. The fourth-order valence-electron chi connectivity index (χ4n) is 1.80. The van der Waals surface area contributed by atoms with Crippen LogP contribution < -0.4 is 5.32 Å². The zero-order chi connectivity index (χ0) is 15.5. The minimum Gasteiger partial charge on any atom is -0.504 e. The van der Waals surface area contributed by atoms with Gasteiger partial charge >= 0.3 is 5.97 Å². The second-order valence-electron chi connectivity index (χ2n) is 4.64. The number of rotatable bonds is 9. The molecule has 5 heteroatoms. The number of carbonyl (C=O) groups is 1. The van der Waals surface area contributed by atoms with Crippen LogP contribution in [0, 0.1) is 12.3 Å². The number of nitrogens with one attached hydrogen (secondary N) is 1. The van der Waals surface area contributed by atoms with Crippen molar-refractivity contribution in [3.63, 3.8) is 0 Å². The van der Waals surface area contributed by atoms with Gasteiger partial charge in [0.25, 0.3) is 0 Å². The second-order valence-corrected chi connectivity index (χ2v) is 4.64. The summed E-state index contributed by atoms with van der Waals surface area (Å²) in [6.07, 6.45) is 7.77. The third kappa shape index (κ3) is 7.23. The highest BCUT2D eigenvalue weighted by Crippen LogP contribution is 2.24. The normalized spacial score (nSPS) is 10.0. The van der Waals surface area contributed by atoms with Crippen molar-refractivity contribution >= 4 is 5.97 Å². The molecule has 0 aliphatic carbocycles. The fourth-order valence-corrected chi connectivity index (χ4v) is 1.80. The quantitative estimate of drug-likeness (QED) is 0.279. The van der Waals surface area contributed by atoms with Crippen molar-refractivity contribution in [1.82, 2.24) is 5.32 Å². The van der Waals surface area contributed by atoms with E-state index in [-0.39, 0.29) is 24.1 Å². The van der Waals surface area contributed by atoms with Crippen molar-refractivity contribution in [1.29, 1.82) is 0 Å². The number of terminal acetylenes is 1. The molecule has 3 N–H and O–H groups in total. The van der Waals surface area contributed by atoms with Crippen molar-refractivity contribution in [2.24, 2.45) is 0 Å². The van der Waals surface area contributed by atoms with Gasteiger partial charge in [0.15, 0.2) is 18.1 Å². The van der Waals surface area contributed by atoms with Gasteiger partial charge in [0.2, 0.25) is 0 Å². The highest BCUT2D eigenvalue weighted by atomic mass is 16.5. The Hall–Kier alpha value is -2.19. The van der Waals surface area contributed by atoms with Gasteiger partial charge in [-0.25, -0.2) is 0 Å². The number of benzene rings is 1. The lowest BCUT2D eigenvalue weighted by molar-refractivity contribution is -0.142. The first-order chi connectivity index (χ1) is 10.1. The van der Waals surface area contributed by atoms with E-state index in [1.54, 1.807) is 12.1 Å². The molecule has 0 spiro atoms. The molecule has 0 fully saturated rings. The van der Waals surface area contributed by atoms with Gasteiger partial charge in [-0.3, -0.25) is 4.79 Å². The SMILES string of the molecule is C#CCOC(=O)CCCCNCCc1ccc(O)c(O)c1. The Morgan fingerprint density at radius 1 is 1.24 bits per heavy atom. The summed E-state index contributed by atoms with van der Waals surface area (Å²) in [5, 5.41) is 21.8. The average molecular weight is 291 g/mol. The summed E-state index contributed by atoms with van der Waals surface area (Å²) in [7, 11) is 0. The van der Waals surface area contributed by atoms with Crippen LogP contribution in [0.5, 0.6) is 11.5 Å². The lowest BCUT2D eigenvalue weighted by Gasteiger charge is -2.06. The van der Waals surface area contributed by atoms with E-state index in [0.29, 0.717) is 6.42 Å². The van der Waals surface area contributed by atoms with E-state index in [0.717, 1.165) is 37.9 Å². The molecular formula is C16H21NO4. The Morgan fingerprint density at radius 3 is 2.76 bits per heavy atom. The zero-order valence-electron chi connectivity index (χ0n) is 12.0. The topological polar surface area (TPSA) is 78.8 Å². The summed E-state index contributed by atoms with van der Waals surface area (Å²) in [5.74, 6) is 1.79. The Bertz CT molecular complexity index is 494. The number of phenolic OH excluding ortho intramolecular Hbond substituents is 2. The summed E-state index contributed by atoms with van der Waals surface area (Å²) >= 11 is 0. The zero-order valence-corrected chi connectivity index (χ0v) is 12.0. The first-order valence-electron chi connectivity index (χ1n) is 6.94. The first kappa shape index (κ1) is 16.9. The number of ether oxygens (including phenoxy) is 1. The molecular weight excluding hydrogens is 270 g/mol. The fraction of sp³-hybridized carbons (Fsp3) is 0.438. The molecule has 0 saturated carbocycles.